The van der Waals surface area contributed by atoms with Crippen molar-refractivity contribution < 1.29 is 13.2 Å². The van der Waals surface area contributed by atoms with Crippen molar-refractivity contribution in [1.82, 2.24) is 4.98 Å². The molecule has 2 saturated heterocycles. The van der Waals surface area contributed by atoms with E-state index in [4.69, 9.17) is 0 Å². The molecule has 2 atom stereocenters. The molecule has 0 unspecified atom stereocenters. The van der Waals surface area contributed by atoms with E-state index in [1.807, 2.05) is 19.2 Å². The normalized spacial score (nSPS) is 25.2. The molecular formula is C17H18N2O3S2. The summed E-state index contributed by atoms with van der Waals surface area (Å²) in [5.74, 6) is 0.0778. The highest BCUT2D eigenvalue weighted by molar-refractivity contribution is 7.91. The van der Waals surface area contributed by atoms with Gasteiger partial charge >= 0.3 is 0 Å². The summed E-state index contributed by atoms with van der Waals surface area (Å²) < 4.78 is 23.8. The number of hydrogen-bond acceptors (Lipinski definition) is 5. The molecule has 0 N–H and O–H groups in total. The summed E-state index contributed by atoms with van der Waals surface area (Å²) in [5, 5.41) is 2.56. The van der Waals surface area contributed by atoms with Gasteiger partial charge in [-0.3, -0.25) is 9.69 Å². The molecule has 4 rings (SSSR count). The zero-order valence-electron chi connectivity index (χ0n) is 13.5. The Morgan fingerprint density at radius 2 is 2.04 bits per heavy atom. The summed E-state index contributed by atoms with van der Waals surface area (Å²) in [6.07, 6.45) is 0.308. The fraction of sp³-hybridized carbons (Fsp3) is 0.412. The van der Waals surface area contributed by atoms with Gasteiger partial charge in [-0.05, 0) is 25.5 Å². The topological polar surface area (TPSA) is 67.3 Å². The van der Waals surface area contributed by atoms with E-state index in [0.717, 1.165) is 22.4 Å². The fourth-order valence-electron chi connectivity index (χ4n) is 3.65. The zero-order chi connectivity index (χ0) is 17.1. The highest BCUT2D eigenvalue weighted by Gasteiger charge is 2.50. The second-order valence-electron chi connectivity index (χ2n) is 6.71. The molecule has 2 aliphatic heterocycles. The van der Waals surface area contributed by atoms with Crippen LogP contribution in [0.3, 0.4) is 0 Å². The first kappa shape index (κ1) is 15.8. The van der Waals surface area contributed by atoms with Crippen molar-refractivity contribution in [2.75, 3.05) is 16.4 Å². The Morgan fingerprint density at radius 1 is 1.25 bits per heavy atom. The number of carbonyl (C=O) groups excluding carboxylic acids is 1. The van der Waals surface area contributed by atoms with Crippen LogP contribution >= 0.6 is 11.3 Å². The van der Waals surface area contributed by atoms with Crippen LogP contribution in [0.15, 0.2) is 23.6 Å². The van der Waals surface area contributed by atoms with Crippen molar-refractivity contribution in [1.29, 1.82) is 0 Å². The van der Waals surface area contributed by atoms with Crippen LogP contribution in [-0.4, -0.2) is 36.9 Å². The van der Waals surface area contributed by atoms with E-state index in [2.05, 4.69) is 23.2 Å². The van der Waals surface area contributed by atoms with Gasteiger partial charge in [-0.1, -0.05) is 17.7 Å². The first-order valence-corrected chi connectivity index (χ1v) is 10.6. The van der Waals surface area contributed by atoms with Crippen LogP contribution < -0.4 is 4.90 Å². The average Bonchev–Trinajstić information content (AvgIpc) is 3.13. The Bertz CT molecular complexity index is 933. The van der Waals surface area contributed by atoms with Gasteiger partial charge in [0, 0.05) is 23.3 Å². The summed E-state index contributed by atoms with van der Waals surface area (Å²) >= 11 is 1.41. The second-order valence-corrected chi connectivity index (χ2v) is 9.70. The molecule has 126 valence electrons. The van der Waals surface area contributed by atoms with Gasteiger partial charge in [0.05, 0.1) is 23.2 Å². The largest absolute Gasteiger partial charge is 0.284 e. The van der Waals surface area contributed by atoms with Crippen LogP contribution in [-0.2, 0) is 14.6 Å². The van der Waals surface area contributed by atoms with Gasteiger partial charge in [-0.2, -0.15) is 0 Å². The monoisotopic (exact) mass is 362 g/mol. The number of thiazole rings is 1. The van der Waals surface area contributed by atoms with E-state index < -0.39 is 9.84 Å². The van der Waals surface area contributed by atoms with E-state index in [-0.39, 0.29) is 29.4 Å². The predicted octanol–water partition coefficient (Wildman–Crippen LogP) is 2.58. The molecule has 0 spiro atoms. The number of hydrogen-bond donors (Lipinski definition) is 0. The Hall–Kier alpha value is -1.73. The lowest BCUT2D eigenvalue weighted by molar-refractivity contribution is -0.117. The Labute approximate surface area is 145 Å². The number of nitrogens with zero attached hydrogens (tertiary/aromatic N) is 2. The third kappa shape index (κ3) is 2.56. The van der Waals surface area contributed by atoms with Crippen molar-refractivity contribution in [3.63, 3.8) is 0 Å². The van der Waals surface area contributed by atoms with Crippen LogP contribution in [0.4, 0.5) is 5.13 Å². The van der Waals surface area contributed by atoms with Crippen LogP contribution in [0.25, 0.3) is 11.3 Å². The van der Waals surface area contributed by atoms with Crippen molar-refractivity contribution in [2.45, 2.75) is 26.3 Å². The van der Waals surface area contributed by atoms with Crippen molar-refractivity contribution in [2.24, 2.45) is 5.92 Å². The number of amides is 1. The number of benzene rings is 1. The van der Waals surface area contributed by atoms with Gasteiger partial charge in [0.15, 0.2) is 15.0 Å². The number of aryl methyl sites for hydroxylation is 2. The van der Waals surface area contributed by atoms with Crippen LogP contribution in [0.2, 0.25) is 0 Å². The molecule has 0 radical (unpaired) electrons. The number of rotatable bonds is 2. The van der Waals surface area contributed by atoms with E-state index in [1.54, 1.807) is 4.90 Å². The number of aromatic nitrogens is 1. The van der Waals surface area contributed by atoms with Gasteiger partial charge in [-0.25, -0.2) is 13.4 Å². The Balaban J connectivity index is 1.70. The SMILES string of the molecule is Cc1ccc(C)c(-c2csc(N3C(=O)C[C@@H]4CS(=O)(=O)C[C@@H]43)n2)c1. The molecule has 7 heteroatoms. The molecule has 0 bridgehead atoms. The molecule has 1 aromatic heterocycles. The summed E-state index contributed by atoms with van der Waals surface area (Å²) in [5.41, 5.74) is 4.18. The Morgan fingerprint density at radius 3 is 2.83 bits per heavy atom. The smallest absolute Gasteiger partial charge is 0.229 e. The molecule has 24 heavy (non-hydrogen) atoms. The molecule has 2 aromatic rings. The third-order valence-electron chi connectivity index (χ3n) is 4.84. The molecule has 2 fully saturated rings. The zero-order valence-corrected chi connectivity index (χ0v) is 15.2. The molecular weight excluding hydrogens is 344 g/mol. The maximum Gasteiger partial charge on any atom is 0.229 e. The predicted molar refractivity (Wildman–Crippen MR) is 95.1 cm³/mol. The number of anilines is 1. The number of sulfone groups is 1. The maximum atomic E-state index is 12.4. The van der Waals surface area contributed by atoms with Gasteiger partial charge in [0.1, 0.15) is 0 Å². The number of carbonyl (C=O) groups is 1. The first-order chi connectivity index (χ1) is 11.3. The standard InChI is InChI=1S/C17H18N2O3S2/c1-10-3-4-11(2)13(5-10)14-7-23-17(18-14)19-15-9-24(21,22)8-12(15)6-16(19)20/h3-5,7,12,15H,6,8-9H2,1-2H3/t12-,15+/m1/s1. The summed E-state index contributed by atoms with van der Waals surface area (Å²) in [4.78, 5) is 18.6. The third-order valence-corrected chi connectivity index (χ3v) is 7.47. The summed E-state index contributed by atoms with van der Waals surface area (Å²) in [6.45, 7) is 4.07. The van der Waals surface area contributed by atoms with Crippen molar-refractivity contribution in [3.8, 4) is 11.3 Å². The maximum absolute atomic E-state index is 12.4. The molecule has 0 aliphatic carbocycles. The lowest BCUT2D eigenvalue weighted by atomic mass is 10.0. The minimum atomic E-state index is -3.04. The lowest BCUT2D eigenvalue weighted by Gasteiger charge is -2.19. The van der Waals surface area contributed by atoms with E-state index in [9.17, 15) is 13.2 Å². The molecule has 0 saturated carbocycles. The van der Waals surface area contributed by atoms with Gasteiger partial charge in [0.25, 0.3) is 0 Å². The second kappa shape index (κ2) is 5.39. The van der Waals surface area contributed by atoms with Crippen LogP contribution in [0.5, 0.6) is 0 Å². The van der Waals surface area contributed by atoms with Gasteiger partial charge in [-0.15, -0.1) is 11.3 Å². The highest BCUT2D eigenvalue weighted by Crippen LogP contribution is 2.39. The summed E-state index contributed by atoms with van der Waals surface area (Å²) in [7, 11) is -3.04. The van der Waals surface area contributed by atoms with Crippen molar-refractivity contribution >= 4 is 32.2 Å². The van der Waals surface area contributed by atoms with Gasteiger partial charge < -0.3 is 0 Å². The minimum Gasteiger partial charge on any atom is -0.284 e. The fourth-order valence-corrected chi connectivity index (χ4v) is 6.62. The van der Waals surface area contributed by atoms with Crippen LogP contribution in [0.1, 0.15) is 17.5 Å². The lowest BCUT2D eigenvalue weighted by Crippen LogP contribution is -2.36. The average molecular weight is 362 g/mol. The summed E-state index contributed by atoms with van der Waals surface area (Å²) in [6, 6.07) is 5.96. The molecule has 1 amide bonds. The molecule has 2 aliphatic rings. The molecule has 5 nitrogen and oxygen atoms in total. The minimum absolute atomic E-state index is 0.0123. The highest BCUT2D eigenvalue weighted by atomic mass is 32.2. The quantitative estimate of drug-likeness (QED) is 0.823. The van der Waals surface area contributed by atoms with E-state index in [1.165, 1.54) is 11.3 Å². The number of fused-ring (bicyclic) bond motifs is 1. The first-order valence-electron chi connectivity index (χ1n) is 7.90. The van der Waals surface area contributed by atoms with E-state index in [0.29, 0.717) is 11.6 Å². The van der Waals surface area contributed by atoms with Crippen molar-refractivity contribution in [3.05, 3.63) is 34.7 Å². The van der Waals surface area contributed by atoms with E-state index >= 15 is 0 Å². The molecule has 3 heterocycles. The Kier molecular flexibility index (Phi) is 3.54. The molecule has 1 aromatic carbocycles. The van der Waals surface area contributed by atoms with Gasteiger partial charge in [0.2, 0.25) is 5.91 Å². The van der Waals surface area contributed by atoms with Crippen LogP contribution in [0, 0.1) is 19.8 Å².